The SMILES string of the molecule is O=C(c1ccco1)N1CCCC1c1ccccc1. The monoisotopic (exact) mass is 241 g/mol. The fourth-order valence-corrected chi connectivity index (χ4v) is 2.57. The highest BCUT2D eigenvalue weighted by atomic mass is 16.3. The minimum Gasteiger partial charge on any atom is -0.459 e. The van der Waals surface area contributed by atoms with Gasteiger partial charge in [-0.05, 0) is 30.5 Å². The van der Waals surface area contributed by atoms with E-state index >= 15 is 0 Å². The molecule has 0 N–H and O–H groups in total. The lowest BCUT2D eigenvalue weighted by molar-refractivity contribution is 0.0703. The molecular weight excluding hydrogens is 226 g/mol. The average molecular weight is 241 g/mol. The molecule has 1 unspecified atom stereocenters. The molecule has 0 bridgehead atoms. The molecule has 1 aliphatic heterocycles. The number of rotatable bonds is 2. The lowest BCUT2D eigenvalue weighted by atomic mass is 10.0. The Bertz CT molecular complexity index is 519. The van der Waals surface area contributed by atoms with E-state index in [1.165, 1.54) is 5.56 Å². The van der Waals surface area contributed by atoms with E-state index in [2.05, 4.69) is 12.1 Å². The molecule has 1 aromatic heterocycles. The minimum absolute atomic E-state index is 0.00801. The highest BCUT2D eigenvalue weighted by Crippen LogP contribution is 2.32. The summed E-state index contributed by atoms with van der Waals surface area (Å²) in [4.78, 5) is 14.2. The van der Waals surface area contributed by atoms with E-state index < -0.39 is 0 Å². The van der Waals surface area contributed by atoms with Crippen molar-refractivity contribution in [3.05, 3.63) is 60.1 Å². The summed E-state index contributed by atoms with van der Waals surface area (Å²) in [6.45, 7) is 0.805. The van der Waals surface area contributed by atoms with E-state index in [1.807, 2.05) is 23.1 Å². The van der Waals surface area contributed by atoms with Crippen molar-refractivity contribution in [2.24, 2.45) is 0 Å². The van der Waals surface area contributed by atoms with Crippen LogP contribution in [0, 0.1) is 0 Å². The van der Waals surface area contributed by atoms with Crippen LogP contribution in [0.3, 0.4) is 0 Å². The van der Waals surface area contributed by atoms with Gasteiger partial charge < -0.3 is 9.32 Å². The van der Waals surface area contributed by atoms with Crippen LogP contribution in [0.4, 0.5) is 0 Å². The predicted molar refractivity (Wildman–Crippen MR) is 68.2 cm³/mol. The van der Waals surface area contributed by atoms with Crippen LogP contribution in [0.1, 0.15) is 35.0 Å². The van der Waals surface area contributed by atoms with Crippen LogP contribution in [0.5, 0.6) is 0 Å². The summed E-state index contributed by atoms with van der Waals surface area (Å²) in [7, 11) is 0. The van der Waals surface area contributed by atoms with Crippen LogP contribution in [0.25, 0.3) is 0 Å². The molecule has 2 heterocycles. The molecule has 18 heavy (non-hydrogen) atoms. The highest BCUT2D eigenvalue weighted by molar-refractivity contribution is 5.91. The molecule has 3 heteroatoms. The van der Waals surface area contributed by atoms with Crippen LogP contribution in [0.2, 0.25) is 0 Å². The lowest BCUT2D eigenvalue weighted by Gasteiger charge is -2.24. The van der Waals surface area contributed by atoms with Gasteiger partial charge in [-0.15, -0.1) is 0 Å². The van der Waals surface area contributed by atoms with Crippen molar-refractivity contribution in [3.63, 3.8) is 0 Å². The Morgan fingerprint density at radius 3 is 2.72 bits per heavy atom. The topological polar surface area (TPSA) is 33.5 Å². The van der Waals surface area contributed by atoms with Gasteiger partial charge in [-0.25, -0.2) is 0 Å². The fourth-order valence-electron chi connectivity index (χ4n) is 2.57. The van der Waals surface area contributed by atoms with Gasteiger partial charge in [0.1, 0.15) is 0 Å². The van der Waals surface area contributed by atoms with Gasteiger partial charge in [0.15, 0.2) is 5.76 Å². The number of carbonyl (C=O) groups is 1. The van der Waals surface area contributed by atoms with E-state index in [-0.39, 0.29) is 11.9 Å². The summed E-state index contributed by atoms with van der Waals surface area (Å²) in [5, 5.41) is 0. The molecule has 0 spiro atoms. The maximum Gasteiger partial charge on any atom is 0.290 e. The van der Waals surface area contributed by atoms with Crippen molar-refractivity contribution in [2.45, 2.75) is 18.9 Å². The molecule has 3 nitrogen and oxygen atoms in total. The van der Waals surface area contributed by atoms with E-state index in [4.69, 9.17) is 4.42 Å². The largest absolute Gasteiger partial charge is 0.459 e. The molecule has 1 aliphatic rings. The van der Waals surface area contributed by atoms with Crippen LogP contribution in [0.15, 0.2) is 53.1 Å². The lowest BCUT2D eigenvalue weighted by Crippen LogP contribution is -2.30. The average Bonchev–Trinajstić information content (AvgIpc) is 3.10. The van der Waals surface area contributed by atoms with Gasteiger partial charge in [-0.2, -0.15) is 0 Å². The first-order valence-corrected chi connectivity index (χ1v) is 6.25. The molecule has 1 aromatic carbocycles. The van der Waals surface area contributed by atoms with Crippen molar-refractivity contribution in [1.29, 1.82) is 0 Å². The predicted octanol–water partition coefficient (Wildman–Crippen LogP) is 3.26. The fraction of sp³-hybridized carbons (Fsp3) is 0.267. The van der Waals surface area contributed by atoms with Crippen LogP contribution < -0.4 is 0 Å². The van der Waals surface area contributed by atoms with Gasteiger partial charge >= 0.3 is 0 Å². The van der Waals surface area contributed by atoms with E-state index in [0.29, 0.717) is 5.76 Å². The highest BCUT2D eigenvalue weighted by Gasteiger charge is 2.31. The standard InChI is InChI=1S/C15H15NO2/c17-15(14-9-5-11-18-14)16-10-4-8-13(16)12-6-2-1-3-7-12/h1-3,5-7,9,11,13H,4,8,10H2. The van der Waals surface area contributed by atoms with Gasteiger partial charge in [-0.3, -0.25) is 4.79 Å². The normalized spacial score (nSPS) is 19.1. The number of hydrogen-bond acceptors (Lipinski definition) is 2. The van der Waals surface area contributed by atoms with E-state index in [1.54, 1.807) is 18.4 Å². The summed E-state index contributed by atoms with van der Waals surface area (Å²) >= 11 is 0. The van der Waals surface area contributed by atoms with Crippen molar-refractivity contribution in [1.82, 2.24) is 4.90 Å². The van der Waals surface area contributed by atoms with Gasteiger partial charge in [0.25, 0.3) is 5.91 Å². The third kappa shape index (κ3) is 1.92. The molecule has 1 amide bonds. The molecule has 1 atom stereocenters. The Morgan fingerprint density at radius 1 is 1.17 bits per heavy atom. The zero-order valence-corrected chi connectivity index (χ0v) is 10.1. The van der Waals surface area contributed by atoms with Crippen LogP contribution in [-0.4, -0.2) is 17.4 Å². The van der Waals surface area contributed by atoms with Crippen LogP contribution >= 0.6 is 0 Å². The Morgan fingerprint density at radius 2 is 2.00 bits per heavy atom. The second-order valence-electron chi connectivity index (χ2n) is 4.54. The Kier molecular flexibility index (Phi) is 2.89. The van der Waals surface area contributed by atoms with E-state index in [0.717, 1.165) is 19.4 Å². The number of benzene rings is 1. The molecule has 3 rings (SSSR count). The number of carbonyl (C=O) groups excluding carboxylic acids is 1. The first-order chi connectivity index (χ1) is 8.86. The van der Waals surface area contributed by atoms with Crippen molar-refractivity contribution in [3.8, 4) is 0 Å². The smallest absolute Gasteiger partial charge is 0.290 e. The molecule has 1 saturated heterocycles. The molecule has 1 fully saturated rings. The second-order valence-corrected chi connectivity index (χ2v) is 4.54. The quantitative estimate of drug-likeness (QED) is 0.808. The minimum atomic E-state index is -0.00801. The molecule has 0 saturated carbocycles. The maximum absolute atomic E-state index is 12.3. The zero-order chi connectivity index (χ0) is 12.4. The van der Waals surface area contributed by atoms with Crippen LogP contribution in [-0.2, 0) is 0 Å². The summed E-state index contributed by atoms with van der Waals surface area (Å²) in [6.07, 6.45) is 3.61. The van der Waals surface area contributed by atoms with Crippen molar-refractivity contribution < 1.29 is 9.21 Å². The number of likely N-dealkylation sites (tertiary alicyclic amines) is 1. The second kappa shape index (κ2) is 4.69. The van der Waals surface area contributed by atoms with Gasteiger partial charge in [0, 0.05) is 6.54 Å². The maximum atomic E-state index is 12.3. The number of hydrogen-bond donors (Lipinski definition) is 0. The van der Waals surface area contributed by atoms with E-state index in [9.17, 15) is 4.79 Å². The summed E-state index contributed by atoms with van der Waals surface area (Å²) in [5.74, 6) is 0.421. The Labute approximate surface area is 106 Å². The Balaban J connectivity index is 1.86. The number of nitrogens with zero attached hydrogens (tertiary/aromatic N) is 1. The molecule has 92 valence electrons. The van der Waals surface area contributed by atoms with Gasteiger partial charge in [0.2, 0.25) is 0 Å². The third-order valence-corrected chi connectivity index (χ3v) is 3.43. The molecular formula is C15H15NO2. The van der Waals surface area contributed by atoms with Gasteiger partial charge in [-0.1, -0.05) is 30.3 Å². The van der Waals surface area contributed by atoms with Crippen molar-refractivity contribution >= 4 is 5.91 Å². The molecule has 0 radical (unpaired) electrons. The number of furan rings is 1. The summed E-state index contributed by atoms with van der Waals surface area (Å²) in [5.41, 5.74) is 1.20. The molecule has 2 aromatic rings. The Hall–Kier alpha value is -2.03. The number of amides is 1. The first kappa shape index (κ1) is 11.1. The first-order valence-electron chi connectivity index (χ1n) is 6.25. The van der Waals surface area contributed by atoms with Gasteiger partial charge in [0.05, 0.1) is 12.3 Å². The third-order valence-electron chi connectivity index (χ3n) is 3.43. The molecule has 0 aliphatic carbocycles. The van der Waals surface area contributed by atoms with Crippen molar-refractivity contribution in [2.75, 3.05) is 6.54 Å². The summed E-state index contributed by atoms with van der Waals surface area (Å²) in [6, 6.07) is 13.9. The zero-order valence-electron chi connectivity index (χ0n) is 10.1. The summed E-state index contributed by atoms with van der Waals surface area (Å²) < 4.78 is 5.20.